The molecule has 0 atom stereocenters. The summed E-state index contributed by atoms with van der Waals surface area (Å²) in [7, 11) is 2.25. The molecule has 0 bridgehead atoms. The Bertz CT molecular complexity index is 517. The molecule has 1 fully saturated rings. The van der Waals surface area contributed by atoms with Crippen molar-refractivity contribution in [1.82, 2.24) is 0 Å². The highest BCUT2D eigenvalue weighted by Gasteiger charge is 2.23. The van der Waals surface area contributed by atoms with Crippen LogP contribution in [0, 0.1) is 0 Å². The summed E-state index contributed by atoms with van der Waals surface area (Å²) in [6, 6.07) is 6.92. The number of carbonyl (C=O) groups is 1. The van der Waals surface area contributed by atoms with Gasteiger partial charge in [0.05, 0.1) is 39.0 Å². The quantitative estimate of drug-likeness (QED) is 0.474. The van der Waals surface area contributed by atoms with Crippen molar-refractivity contribution in [2.75, 3.05) is 45.2 Å². The molecule has 1 aliphatic rings. The van der Waals surface area contributed by atoms with E-state index in [1.54, 1.807) is 24.3 Å². The molecular formula is C20H35BrN2O4. The van der Waals surface area contributed by atoms with Crippen LogP contribution in [0.5, 0.6) is 5.75 Å². The number of nitrogens with one attached hydrogen (secondary N) is 1. The smallest absolute Gasteiger partial charge is 0.142 e. The minimum Gasteiger partial charge on any atom is -0.530 e. The van der Waals surface area contributed by atoms with E-state index >= 15 is 0 Å². The van der Waals surface area contributed by atoms with E-state index in [0.29, 0.717) is 24.7 Å². The number of benzene rings is 1. The van der Waals surface area contributed by atoms with Gasteiger partial charge in [-0.3, -0.25) is 0 Å². The minimum atomic E-state index is -1.33. The third-order valence-electron chi connectivity index (χ3n) is 4.66. The number of unbranched alkanes of at least 4 members (excludes halogenated alkanes) is 2. The van der Waals surface area contributed by atoms with E-state index in [0.717, 1.165) is 30.3 Å². The van der Waals surface area contributed by atoms with Crippen molar-refractivity contribution in [3.8, 4) is 5.75 Å². The molecule has 6 nitrogen and oxygen atoms in total. The molecule has 0 spiro atoms. The highest BCUT2D eigenvalue weighted by atomic mass is 79.9. The average molecular weight is 447 g/mol. The number of carbonyl (C=O) groups excluding carboxylic acids is 1. The standard InChI is InChI=1S/C12H17NO3.C8H18NO.BrH/c1-2-3-6-9-16-11-8-5-4-7-10(11)13-12(14)15;1-9(7-8-10)5-3-2-4-6-9;/h4-5,7-8,13H,2-3,6,9H2,1H3,(H,14,15);10H,2-8H2,1H3;1H/q;+1;/p-1. The van der Waals surface area contributed by atoms with Crippen molar-refractivity contribution in [3.05, 3.63) is 24.3 Å². The molecule has 1 heterocycles. The predicted octanol–water partition coefficient (Wildman–Crippen LogP) is 3.20. The van der Waals surface area contributed by atoms with Crippen molar-refractivity contribution in [1.29, 1.82) is 0 Å². The van der Waals surface area contributed by atoms with Gasteiger partial charge in [0.2, 0.25) is 0 Å². The maximum absolute atomic E-state index is 10.4. The fourth-order valence-electron chi connectivity index (χ4n) is 3.08. The zero-order valence-electron chi connectivity index (χ0n) is 16.6. The van der Waals surface area contributed by atoms with Crippen molar-refractivity contribution in [3.63, 3.8) is 0 Å². The number of hydrogen-bond acceptors (Lipinski definition) is 4. The Morgan fingerprint density at radius 2 is 1.89 bits per heavy atom. The molecule has 156 valence electrons. The number of halogens is 1. The summed E-state index contributed by atoms with van der Waals surface area (Å²) in [5.41, 5.74) is 0.430. The van der Waals surface area contributed by atoms with E-state index < -0.39 is 6.09 Å². The van der Waals surface area contributed by atoms with E-state index in [-0.39, 0.29) is 17.0 Å². The lowest BCUT2D eigenvalue weighted by molar-refractivity contribution is -0.914. The number of nitrogens with zero attached hydrogens (tertiary/aromatic N) is 1. The number of piperidine rings is 1. The predicted molar refractivity (Wildman–Crippen MR) is 113 cm³/mol. The third kappa shape index (κ3) is 11.2. The van der Waals surface area contributed by atoms with Gasteiger partial charge in [-0.25, -0.2) is 0 Å². The lowest BCUT2D eigenvalue weighted by atomic mass is 10.1. The molecule has 2 N–H and O–H groups in total. The summed E-state index contributed by atoms with van der Waals surface area (Å²) in [5, 5.41) is 21.4. The number of likely N-dealkylation sites (tertiary alicyclic amines) is 1. The fraction of sp³-hybridized carbons (Fsp3) is 0.650. The van der Waals surface area contributed by atoms with Gasteiger partial charge in [-0.2, -0.15) is 0 Å². The number of aliphatic hydroxyl groups is 1. The van der Waals surface area contributed by atoms with Gasteiger partial charge in [0.1, 0.15) is 18.4 Å². The maximum atomic E-state index is 10.4. The minimum absolute atomic E-state index is 0. The summed E-state index contributed by atoms with van der Waals surface area (Å²) in [6.45, 7) is 6.53. The van der Waals surface area contributed by atoms with E-state index in [4.69, 9.17) is 9.84 Å². The first kappa shape index (κ1) is 25.7. The Kier molecular flexibility index (Phi) is 14.0. The van der Waals surface area contributed by atoms with Crippen LogP contribution in [-0.2, 0) is 0 Å². The van der Waals surface area contributed by atoms with Crippen molar-refractivity contribution in [2.24, 2.45) is 0 Å². The number of para-hydroxylation sites is 2. The fourth-order valence-corrected chi connectivity index (χ4v) is 3.08. The topological polar surface area (TPSA) is 81.6 Å². The van der Waals surface area contributed by atoms with Crippen LogP contribution >= 0.6 is 17.0 Å². The SMILES string of the molecule is Br.CCCCCOc1ccccc1NC(=O)[O-].C[N+]1(CCO)CCCCC1. The summed E-state index contributed by atoms with van der Waals surface area (Å²) in [4.78, 5) is 10.4. The maximum Gasteiger partial charge on any atom is 0.142 e. The first-order chi connectivity index (χ1) is 12.5. The number of carboxylic acid groups (broad SMARTS) is 1. The Hall–Kier alpha value is -1.31. The highest BCUT2D eigenvalue weighted by Crippen LogP contribution is 2.23. The van der Waals surface area contributed by atoms with Crippen molar-refractivity contribution in [2.45, 2.75) is 45.4 Å². The molecule has 0 saturated carbocycles. The molecule has 0 aliphatic carbocycles. The van der Waals surface area contributed by atoms with Gasteiger partial charge in [-0.15, -0.1) is 17.0 Å². The Morgan fingerprint density at radius 3 is 2.48 bits per heavy atom. The molecule has 2 rings (SSSR count). The zero-order chi connectivity index (χ0) is 19.3. The largest absolute Gasteiger partial charge is 0.530 e. The van der Waals surface area contributed by atoms with Crippen molar-refractivity contribution < 1.29 is 24.2 Å². The van der Waals surface area contributed by atoms with E-state index in [1.165, 1.54) is 32.4 Å². The van der Waals surface area contributed by atoms with Crippen LogP contribution in [0.25, 0.3) is 0 Å². The molecule has 1 amide bonds. The molecule has 7 heteroatoms. The Morgan fingerprint density at radius 1 is 1.22 bits per heavy atom. The number of likely N-dealkylation sites (N-methyl/N-ethyl adjacent to an activating group) is 1. The van der Waals surface area contributed by atoms with Crippen LogP contribution < -0.4 is 15.2 Å². The monoisotopic (exact) mass is 446 g/mol. The van der Waals surface area contributed by atoms with Gasteiger partial charge < -0.3 is 29.5 Å². The van der Waals surface area contributed by atoms with Gasteiger partial charge in [-0.1, -0.05) is 31.9 Å². The average Bonchev–Trinajstić information content (AvgIpc) is 2.61. The number of aliphatic hydroxyl groups excluding tert-OH is 1. The van der Waals surface area contributed by atoms with Gasteiger partial charge in [0, 0.05) is 0 Å². The lowest BCUT2D eigenvalue weighted by Crippen LogP contribution is -2.49. The molecular weight excluding hydrogens is 412 g/mol. The van der Waals surface area contributed by atoms with E-state index in [9.17, 15) is 9.90 Å². The number of anilines is 1. The second-order valence-electron chi connectivity index (χ2n) is 7.04. The Balaban J connectivity index is 0.000000531. The second-order valence-corrected chi connectivity index (χ2v) is 7.04. The molecule has 1 saturated heterocycles. The van der Waals surface area contributed by atoms with Gasteiger partial charge in [0.15, 0.2) is 0 Å². The number of rotatable bonds is 8. The van der Waals surface area contributed by atoms with Crippen LogP contribution in [0.1, 0.15) is 45.4 Å². The lowest BCUT2D eigenvalue weighted by Gasteiger charge is -2.37. The molecule has 1 aromatic carbocycles. The van der Waals surface area contributed by atoms with Gasteiger partial charge in [0.25, 0.3) is 0 Å². The van der Waals surface area contributed by atoms with Gasteiger partial charge in [-0.05, 0) is 37.8 Å². The van der Waals surface area contributed by atoms with Crippen LogP contribution in [-0.4, -0.2) is 55.6 Å². The number of amides is 1. The molecule has 0 unspecified atom stereocenters. The summed E-state index contributed by atoms with van der Waals surface area (Å²) in [5.74, 6) is 0.544. The van der Waals surface area contributed by atoms with Crippen LogP contribution in [0.2, 0.25) is 0 Å². The first-order valence-corrected chi connectivity index (χ1v) is 9.65. The molecule has 0 aromatic heterocycles. The second kappa shape index (κ2) is 14.7. The Labute approximate surface area is 173 Å². The van der Waals surface area contributed by atoms with E-state index in [1.807, 2.05) is 0 Å². The van der Waals surface area contributed by atoms with Crippen LogP contribution in [0.3, 0.4) is 0 Å². The summed E-state index contributed by atoms with van der Waals surface area (Å²) < 4.78 is 6.58. The molecule has 0 radical (unpaired) electrons. The first-order valence-electron chi connectivity index (χ1n) is 9.65. The number of ether oxygens (including phenoxy) is 1. The third-order valence-corrected chi connectivity index (χ3v) is 4.66. The van der Waals surface area contributed by atoms with Crippen LogP contribution in [0.15, 0.2) is 24.3 Å². The summed E-state index contributed by atoms with van der Waals surface area (Å²) >= 11 is 0. The molecule has 1 aliphatic heterocycles. The van der Waals surface area contributed by atoms with Crippen molar-refractivity contribution >= 4 is 28.8 Å². The molecule has 1 aromatic rings. The molecule has 27 heavy (non-hydrogen) atoms. The number of hydrogen-bond donors (Lipinski definition) is 2. The normalized spacial score (nSPS) is 14.9. The van der Waals surface area contributed by atoms with E-state index in [2.05, 4.69) is 19.3 Å². The zero-order valence-corrected chi connectivity index (χ0v) is 18.3. The summed E-state index contributed by atoms with van der Waals surface area (Å²) in [6.07, 6.45) is 5.95. The van der Waals surface area contributed by atoms with Gasteiger partial charge >= 0.3 is 0 Å². The van der Waals surface area contributed by atoms with Crippen LogP contribution in [0.4, 0.5) is 10.5 Å². The highest BCUT2D eigenvalue weighted by molar-refractivity contribution is 8.93. The number of quaternary nitrogens is 1.